The third kappa shape index (κ3) is 2.05. The number of hydrazine groups is 1. The maximum atomic E-state index is 3.61. The van der Waals surface area contributed by atoms with Gasteiger partial charge in [-0.1, -0.05) is 0 Å². The third-order valence-electron chi connectivity index (χ3n) is 8.13. The highest BCUT2D eigenvalue weighted by Gasteiger charge is 2.62. The van der Waals surface area contributed by atoms with Crippen molar-refractivity contribution in [3.05, 3.63) is 0 Å². The van der Waals surface area contributed by atoms with Gasteiger partial charge in [-0.3, -0.25) is 20.7 Å². The molecule has 0 amide bonds. The summed E-state index contributed by atoms with van der Waals surface area (Å²) in [5.74, 6) is 1.75. The predicted molar refractivity (Wildman–Crippen MR) is 96.7 cm³/mol. The van der Waals surface area contributed by atoms with E-state index < -0.39 is 0 Å². The zero-order valence-corrected chi connectivity index (χ0v) is 15.7. The summed E-state index contributed by atoms with van der Waals surface area (Å²) in [7, 11) is 2.16. The molecule has 3 heterocycles. The highest BCUT2D eigenvalue weighted by molar-refractivity contribution is 5.19. The van der Waals surface area contributed by atoms with E-state index >= 15 is 0 Å². The van der Waals surface area contributed by atoms with E-state index in [0.717, 1.165) is 36.0 Å². The van der Waals surface area contributed by atoms with Crippen LogP contribution in [0.25, 0.3) is 0 Å². The minimum absolute atomic E-state index is 0.657. The summed E-state index contributed by atoms with van der Waals surface area (Å²) in [5, 5.41) is 3.61. The van der Waals surface area contributed by atoms with Gasteiger partial charge < -0.3 is 5.32 Å². The summed E-state index contributed by atoms with van der Waals surface area (Å²) in [6.45, 7) is 8.62. The first-order valence-electron chi connectivity index (χ1n) is 10.3. The Morgan fingerprint density at radius 2 is 2.00 bits per heavy atom. The summed E-state index contributed by atoms with van der Waals surface area (Å²) in [4.78, 5) is 5.71. The topological polar surface area (TPSA) is 42.6 Å². The van der Waals surface area contributed by atoms with Gasteiger partial charge in [-0.05, 0) is 65.3 Å². The average molecular weight is 334 g/mol. The molecule has 2 aliphatic carbocycles. The molecule has 9 atom stereocenters. The predicted octanol–water partition coefficient (Wildman–Crippen LogP) is 0.773. The van der Waals surface area contributed by atoms with Crippen molar-refractivity contribution in [1.82, 2.24) is 26.0 Å². The SMILES string of the molecule is CNC1C2CCC1N(C(C)CC1C3C[C@@H]4NNC3C4N1C(C)C)C2. The van der Waals surface area contributed by atoms with Crippen molar-refractivity contribution < 1.29 is 0 Å². The molecule has 5 nitrogen and oxygen atoms in total. The fourth-order valence-corrected chi connectivity index (χ4v) is 7.34. The van der Waals surface area contributed by atoms with Gasteiger partial charge in [0.2, 0.25) is 0 Å². The lowest BCUT2D eigenvalue weighted by atomic mass is 9.88. The Morgan fingerprint density at radius 3 is 2.71 bits per heavy atom. The lowest BCUT2D eigenvalue weighted by molar-refractivity contribution is 0.0481. The van der Waals surface area contributed by atoms with Crippen molar-refractivity contribution in [3.63, 3.8) is 0 Å². The van der Waals surface area contributed by atoms with Crippen molar-refractivity contribution in [2.24, 2.45) is 11.8 Å². The van der Waals surface area contributed by atoms with Crippen molar-refractivity contribution in [2.45, 2.75) is 94.8 Å². The Bertz CT molecular complexity index is 496. The van der Waals surface area contributed by atoms with Crippen molar-refractivity contribution in [1.29, 1.82) is 0 Å². The number of nitrogens with one attached hydrogen (secondary N) is 3. The Labute approximate surface area is 146 Å². The highest BCUT2D eigenvalue weighted by Crippen LogP contribution is 2.48. The number of likely N-dealkylation sites (N-methyl/N-ethyl adjacent to an activating group) is 1. The standard InChI is InChI=1S/C19H35N5/c1-10(2)24-16(13-8-14-19(24)18(13)22-21-14)7-11(3)23-9-12-5-6-15(23)17(12)20-4/h10-22H,5-9H2,1-4H3/t11?,12?,13?,14-,15?,16?,17?,18?,19?/m0/s1. The van der Waals surface area contributed by atoms with Crippen LogP contribution >= 0.6 is 0 Å². The van der Waals surface area contributed by atoms with Gasteiger partial charge in [0.25, 0.3) is 0 Å². The number of piperidine rings is 2. The summed E-state index contributed by atoms with van der Waals surface area (Å²) >= 11 is 0. The molecule has 3 saturated heterocycles. The molecule has 24 heavy (non-hydrogen) atoms. The van der Waals surface area contributed by atoms with Gasteiger partial charge in [-0.2, -0.15) is 0 Å². The van der Waals surface area contributed by atoms with E-state index in [1.165, 1.54) is 32.2 Å². The van der Waals surface area contributed by atoms with E-state index in [-0.39, 0.29) is 0 Å². The Balaban J connectivity index is 1.31. The molecular weight excluding hydrogens is 298 g/mol. The van der Waals surface area contributed by atoms with Gasteiger partial charge in [0.05, 0.1) is 0 Å². The summed E-state index contributed by atoms with van der Waals surface area (Å²) < 4.78 is 0. The van der Waals surface area contributed by atoms with Crippen LogP contribution in [0.1, 0.15) is 46.5 Å². The lowest BCUT2D eigenvalue weighted by Crippen LogP contribution is -2.56. The van der Waals surface area contributed by atoms with E-state index in [9.17, 15) is 0 Å². The van der Waals surface area contributed by atoms with E-state index in [1.54, 1.807) is 0 Å². The quantitative estimate of drug-likeness (QED) is 0.694. The molecule has 2 saturated carbocycles. The molecule has 6 bridgehead atoms. The van der Waals surface area contributed by atoms with Crippen LogP contribution in [0.2, 0.25) is 0 Å². The van der Waals surface area contributed by atoms with Gasteiger partial charge in [-0.25, -0.2) is 0 Å². The first-order chi connectivity index (χ1) is 11.6. The second-order valence-corrected chi connectivity index (χ2v) is 9.42. The highest BCUT2D eigenvalue weighted by atomic mass is 15.5. The maximum Gasteiger partial charge on any atom is 0.0439 e. The molecule has 0 radical (unpaired) electrons. The van der Waals surface area contributed by atoms with E-state index in [1.807, 2.05) is 0 Å². The lowest BCUT2D eigenvalue weighted by Gasteiger charge is -2.44. The number of nitrogens with zero attached hydrogens (tertiary/aromatic N) is 2. The fraction of sp³-hybridized carbons (Fsp3) is 1.00. The zero-order valence-electron chi connectivity index (χ0n) is 15.7. The van der Waals surface area contributed by atoms with Gasteiger partial charge in [0.1, 0.15) is 0 Å². The van der Waals surface area contributed by atoms with Gasteiger partial charge in [0.15, 0.2) is 0 Å². The number of rotatable bonds is 5. The average Bonchev–Trinajstić information content (AvgIpc) is 3.35. The second kappa shape index (κ2) is 5.65. The summed E-state index contributed by atoms with van der Waals surface area (Å²) in [5.41, 5.74) is 7.13. The maximum absolute atomic E-state index is 3.61. The Kier molecular flexibility index (Phi) is 3.77. The molecule has 0 aromatic carbocycles. The van der Waals surface area contributed by atoms with E-state index in [0.29, 0.717) is 24.2 Å². The Hall–Kier alpha value is -0.200. The molecule has 136 valence electrons. The van der Waals surface area contributed by atoms with E-state index in [2.05, 4.69) is 53.8 Å². The second-order valence-electron chi connectivity index (χ2n) is 9.42. The molecule has 3 N–H and O–H groups in total. The number of hydrogen-bond acceptors (Lipinski definition) is 5. The van der Waals surface area contributed by atoms with Crippen LogP contribution < -0.4 is 16.2 Å². The van der Waals surface area contributed by atoms with E-state index in [4.69, 9.17) is 0 Å². The molecular formula is C19H35N5. The van der Waals surface area contributed by atoms with Gasteiger partial charge in [-0.15, -0.1) is 0 Å². The van der Waals surface area contributed by atoms with Crippen LogP contribution in [0.15, 0.2) is 0 Å². The van der Waals surface area contributed by atoms with Crippen LogP contribution in [0.4, 0.5) is 0 Å². The molecule has 0 aromatic rings. The summed E-state index contributed by atoms with van der Waals surface area (Å²) in [6, 6.07) is 5.78. The zero-order chi connectivity index (χ0) is 16.6. The first-order valence-corrected chi connectivity index (χ1v) is 10.3. The van der Waals surface area contributed by atoms with Crippen LogP contribution in [0, 0.1) is 11.8 Å². The molecule has 0 aromatic heterocycles. The number of likely N-dealkylation sites (tertiary alicyclic amines) is 2. The van der Waals surface area contributed by atoms with Crippen LogP contribution in [-0.2, 0) is 0 Å². The molecule has 5 aliphatic rings. The monoisotopic (exact) mass is 333 g/mol. The van der Waals surface area contributed by atoms with Gasteiger partial charge in [0, 0.05) is 54.9 Å². The van der Waals surface area contributed by atoms with Crippen molar-refractivity contribution >= 4 is 0 Å². The Morgan fingerprint density at radius 1 is 1.17 bits per heavy atom. The molecule has 8 unspecified atom stereocenters. The molecule has 5 rings (SSSR count). The van der Waals surface area contributed by atoms with Crippen LogP contribution in [0.3, 0.4) is 0 Å². The normalized spacial score (nSPS) is 51.4. The fourth-order valence-electron chi connectivity index (χ4n) is 7.34. The summed E-state index contributed by atoms with van der Waals surface area (Å²) in [6.07, 6.45) is 5.57. The van der Waals surface area contributed by atoms with Crippen molar-refractivity contribution in [2.75, 3.05) is 13.6 Å². The van der Waals surface area contributed by atoms with Gasteiger partial charge >= 0.3 is 0 Å². The van der Waals surface area contributed by atoms with Crippen LogP contribution in [0.5, 0.6) is 0 Å². The van der Waals surface area contributed by atoms with Crippen molar-refractivity contribution in [3.8, 4) is 0 Å². The smallest absolute Gasteiger partial charge is 0.0439 e. The largest absolute Gasteiger partial charge is 0.315 e. The first kappa shape index (κ1) is 16.0. The molecule has 3 aliphatic heterocycles. The third-order valence-corrected chi connectivity index (χ3v) is 8.13. The molecule has 0 spiro atoms. The number of fused-ring (bicyclic) bond motifs is 2. The molecule has 5 heteroatoms. The number of hydrogen-bond donors (Lipinski definition) is 3. The minimum atomic E-state index is 0.657. The minimum Gasteiger partial charge on any atom is -0.315 e. The molecule has 5 fully saturated rings. The van der Waals surface area contributed by atoms with Crippen LogP contribution in [-0.4, -0.2) is 71.7 Å².